The molecular weight excluding hydrogens is 218 g/mol. The molecule has 0 aliphatic rings. The van der Waals surface area contributed by atoms with Gasteiger partial charge in [0, 0.05) is 6.07 Å². The third kappa shape index (κ3) is 1.99. The monoisotopic (exact) mass is 231 g/mol. The molecule has 0 saturated carbocycles. The molecule has 0 saturated heterocycles. The Hall–Kier alpha value is -2.30. The molecule has 0 aliphatic heterocycles. The molecule has 0 radical (unpaired) electrons. The number of anilines is 1. The summed E-state index contributed by atoms with van der Waals surface area (Å²) in [6.45, 7) is 3.86. The van der Waals surface area contributed by atoms with Crippen molar-refractivity contribution in [3.8, 4) is 5.69 Å². The maximum atomic E-state index is 11.7. The molecule has 0 unspecified atom stereocenters. The molecule has 5 heteroatoms. The Labute approximate surface area is 97.5 Å². The van der Waals surface area contributed by atoms with Gasteiger partial charge >= 0.3 is 5.69 Å². The van der Waals surface area contributed by atoms with E-state index in [0.717, 1.165) is 11.1 Å². The van der Waals surface area contributed by atoms with E-state index >= 15 is 0 Å². The molecule has 0 atom stereocenters. The number of hydrogen-bond donors (Lipinski definition) is 2. The van der Waals surface area contributed by atoms with Crippen molar-refractivity contribution in [1.29, 1.82) is 0 Å². The summed E-state index contributed by atoms with van der Waals surface area (Å²) in [5.74, 6) is 0.130. The van der Waals surface area contributed by atoms with Crippen LogP contribution in [0.25, 0.3) is 5.69 Å². The van der Waals surface area contributed by atoms with Crippen LogP contribution in [0.1, 0.15) is 11.1 Å². The van der Waals surface area contributed by atoms with Gasteiger partial charge in [-0.3, -0.25) is 9.78 Å². The Balaban J connectivity index is 2.77. The fourth-order valence-corrected chi connectivity index (χ4v) is 1.82. The highest BCUT2D eigenvalue weighted by molar-refractivity contribution is 5.47. The van der Waals surface area contributed by atoms with Gasteiger partial charge < -0.3 is 5.73 Å². The van der Waals surface area contributed by atoms with Crippen LogP contribution >= 0.6 is 0 Å². The molecule has 0 bridgehead atoms. The SMILES string of the molecule is Cc1ccc(-n2c(N)cc(=O)[nH]c2=O)c(C)c1. The van der Waals surface area contributed by atoms with Crippen LogP contribution in [0.4, 0.5) is 5.82 Å². The van der Waals surface area contributed by atoms with Gasteiger partial charge in [0.1, 0.15) is 5.82 Å². The molecule has 0 spiro atoms. The molecular formula is C12H13N3O2. The quantitative estimate of drug-likeness (QED) is 0.759. The Morgan fingerprint density at radius 2 is 1.88 bits per heavy atom. The maximum absolute atomic E-state index is 11.7. The third-order valence-electron chi connectivity index (χ3n) is 2.56. The van der Waals surface area contributed by atoms with Crippen LogP contribution in [0.3, 0.4) is 0 Å². The number of rotatable bonds is 1. The van der Waals surface area contributed by atoms with Gasteiger partial charge in [-0.2, -0.15) is 0 Å². The molecule has 0 fully saturated rings. The fraction of sp³-hybridized carbons (Fsp3) is 0.167. The Morgan fingerprint density at radius 3 is 2.47 bits per heavy atom. The van der Waals surface area contributed by atoms with Crippen molar-refractivity contribution in [2.75, 3.05) is 5.73 Å². The lowest BCUT2D eigenvalue weighted by atomic mass is 10.1. The first kappa shape index (κ1) is 11.2. The number of benzene rings is 1. The maximum Gasteiger partial charge on any atom is 0.334 e. The lowest BCUT2D eigenvalue weighted by Gasteiger charge is -2.11. The van der Waals surface area contributed by atoms with Gasteiger partial charge in [0.25, 0.3) is 5.56 Å². The minimum atomic E-state index is -0.526. The number of nitrogens with one attached hydrogen (secondary N) is 1. The standard InChI is InChI=1S/C12H13N3O2/c1-7-3-4-9(8(2)5-7)15-10(13)6-11(16)14-12(15)17/h3-6H,13H2,1-2H3,(H,14,16,17). The second-order valence-electron chi connectivity index (χ2n) is 3.99. The second-order valence-corrected chi connectivity index (χ2v) is 3.99. The van der Waals surface area contributed by atoms with Crippen LogP contribution in [-0.2, 0) is 0 Å². The topological polar surface area (TPSA) is 80.9 Å². The van der Waals surface area contributed by atoms with E-state index in [0.29, 0.717) is 5.69 Å². The van der Waals surface area contributed by atoms with Gasteiger partial charge in [-0.1, -0.05) is 17.7 Å². The van der Waals surface area contributed by atoms with E-state index in [9.17, 15) is 9.59 Å². The fourth-order valence-electron chi connectivity index (χ4n) is 1.82. The van der Waals surface area contributed by atoms with Crippen LogP contribution < -0.4 is 17.0 Å². The minimum absolute atomic E-state index is 0.130. The number of aromatic amines is 1. The number of aryl methyl sites for hydroxylation is 2. The highest BCUT2D eigenvalue weighted by Gasteiger charge is 2.07. The molecule has 88 valence electrons. The predicted octanol–water partition coefficient (Wildman–Crippen LogP) is 0.725. The van der Waals surface area contributed by atoms with Crippen molar-refractivity contribution in [2.45, 2.75) is 13.8 Å². The lowest BCUT2D eigenvalue weighted by molar-refractivity contribution is 0.901. The summed E-state index contributed by atoms with van der Waals surface area (Å²) in [5, 5.41) is 0. The van der Waals surface area contributed by atoms with E-state index in [1.54, 1.807) is 6.07 Å². The van der Waals surface area contributed by atoms with Gasteiger partial charge in [0.15, 0.2) is 0 Å². The van der Waals surface area contributed by atoms with Crippen LogP contribution in [0.15, 0.2) is 33.9 Å². The van der Waals surface area contributed by atoms with Crippen molar-refractivity contribution in [2.24, 2.45) is 0 Å². The van der Waals surface area contributed by atoms with E-state index in [1.807, 2.05) is 26.0 Å². The van der Waals surface area contributed by atoms with E-state index in [-0.39, 0.29) is 5.82 Å². The highest BCUT2D eigenvalue weighted by Crippen LogP contribution is 2.15. The molecule has 2 rings (SSSR count). The van der Waals surface area contributed by atoms with Crippen LogP contribution in [-0.4, -0.2) is 9.55 Å². The third-order valence-corrected chi connectivity index (χ3v) is 2.56. The molecule has 1 aromatic heterocycles. The summed E-state index contributed by atoms with van der Waals surface area (Å²) >= 11 is 0. The van der Waals surface area contributed by atoms with E-state index in [4.69, 9.17) is 5.73 Å². The predicted molar refractivity (Wildman–Crippen MR) is 66.5 cm³/mol. The average molecular weight is 231 g/mol. The second kappa shape index (κ2) is 3.93. The van der Waals surface area contributed by atoms with E-state index < -0.39 is 11.2 Å². The van der Waals surface area contributed by atoms with Gasteiger partial charge in [-0.15, -0.1) is 0 Å². The summed E-state index contributed by atoms with van der Waals surface area (Å²) in [5.41, 5.74) is 7.38. The normalized spacial score (nSPS) is 10.5. The molecule has 1 heterocycles. The first-order valence-corrected chi connectivity index (χ1v) is 5.18. The first-order valence-electron chi connectivity index (χ1n) is 5.18. The van der Waals surface area contributed by atoms with Crippen LogP contribution in [0.2, 0.25) is 0 Å². The summed E-state index contributed by atoms with van der Waals surface area (Å²) < 4.78 is 1.29. The van der Waals surface area contributed by atoms with E-state index in [1.165, 1.54) is 10.6 Å². The zero-order valence-electron chi connectivity index (χ0n) is 9.65. The summed E-state index contributed by atoms with van der Waals surface area (Å²) in [6, 6.07) is 6.84. The number of nitrogens with two attached hydrogens (primary N) is 1. The molecule has 0 aliphatic carbocycles. The number of hydrogen-bond acceptors (Lipinski definition) is 3. The number of aromatic nitrogens is 2. The van der Waals surface area contributed by atoms with Crippen molar-refractivity contribution in [3.05, 3.63) is 56.2 Å². The van der Waals surface area contributed by atoms with Gasteiger partial charge in [-0.25, -0.2) is 9.36 Å². The summed E-state index contributed by atoms with van der Waals surface area (Å²) in [4.78, 5) is 25.0. The summed E-state index contributed by atoms with van der Waals surface area (Å²) in [7, 11) is 0. The molecule has 2 aromatic rings. The van der Waals surface area contributed by atoms with Gasteiger partial charge in [0.05, 0.1) is 5.69 Å². The van der Waals surface area contributed by atoms with Crippen molar-refractivity contribution in [3.63, 3.8) is 0 Å². The number of nitrogens with zero attached hydrogens (tertiary/aromatic N) is 1. The van der Waals surface area contributed by atoms with Gasteiger partial charge in [0.2, 0.25) is 0 Å². The van der Waals surface area contributed by atoms with Crippen molar-refractivity contribution >= 4 is 5.82 Å². The smallest absolute Gasteiger partial charge is 0.334 e. The van der Waals surface area contributed by atoms with Crippen molar-refractivity contribution in [1.82, 2.24) is 9.55 Å². The highest BCUT2D eigenvalue weighted by atomic mass is 16.2. The Bertz CT molecular complexity index is 683. The largest absolute Gasteiger partial charge is 0.385 e. The van der Waals surface area contributed by atoms with E-state index in [2.05, 4.69) is 4.98 Å². The number of nitrogen functional groups attached to an aromatic ring is 1. The molecule has 5 nitrogen and oxygen atoms in total. The molecule has 17 heavy (non-hydrogen) atoms. The Morgan fingerprint density at radius 1 is 1.18 bits per heavy atom. The summed E-state index contributed by atoms with van der Waals surface area (Å²) in [6.07, 6.45) is 0. The van der Waals surface area contributed by atoms with Crippen molar-refractivity contribution < 1.29 is 0 Å². The minimum Gasteiger partial charge on any atom is -0.385 e. The average Bonchev–Trinajstić information content (AvgIpc) is 2.19. The Kier molecular flexibility index (Phi) is 2.59. The lowest BCUT2D eigenvalue weighted by Crippen LogP contribution is -2.30. The molecule has 1 aromatic carbocycles. The first-order chi connectivity index (χ1) is 7.99. The number of H-pyrrole nitrogens is 1. The molecule has 3 N–H and O–H groups in total. The zero-order valence-corrected chi connectivity index (χ0v) is 9.65. The van der Waals surface area contributed by atoms with Crippen LogP contribution in [0.5, 0.6) is 0 Å². The van der Waals surface area contributed by atoms with Crippen LogP contribution in [0, 0.1) is 13.8 Å². The zero-order chi connectivity index (χ0) is 12.6. The molecule has 0 amide bonds. The van der Waals surface area contributed by atoms with Gasteiger partial charge in [-0.05, 0) is 25.5 Å².